The van der Waals surface area contributed by atoms with Crippen molar-refractivity contribution in [3.8, 4) is 0 Å². The largest absolute Gasteiger partial charge is 0.383 e. The lowest BCUT2D eigenvalue weighted by Crippen LogP contribution is -2.43. The van der Waals surface area contributed by atoms with E-state index in [2.05, 4.69) is 11.6 Å². The number of hydrogen-bond acceptors (Lipinski definition) is 5. The molecule has 3 N–H and O–H groups in total. The molecular weight excluding hydrogens is 358 g/mol. The number of rotatable bonds is 8. The van der Waals surface area contributed by atoms with Crippen LogP contribution in [0.1, 0.15) is 19.4 Å². The van der Waals surface area contributed by atoms with E-state index in [1.807, 2.05) is 44.2 Å². The topological polar surface area (TPSA) is 104 Å². The van der Waals surface area contributed by atoms with E-state index < -0.39 is 11.2 Å². The molecule has 0 atom stereocenters. The molecule has 1 aromatic heterocycles. The highest BCUT2D eigenvalue weighted by molar-refractivity contribution is 5.82. The number of nitrogen functional groups attached to an aromatic ring is 1. The molecule has 0 aliphatic heterocycles. The summed E-state index contributed by atoms with van der Waals surface area (Å²) in [6, 6.07) is 9.31. The molecule has 0 aliphatic rings. The Morgan fingerprint density at radius 2 is 1.86 bits per heavy atom. The number of carbonyl (C=O) groups excluding carboxylic acids is 1. The van der Waals surface area contributed by atoms with Crippen molar-refractivity contribution in [2.24, 2.45) is 0 Å². The molecule has 2 aromatic rings. The van der Waals surface area contributed by atoms with E-state index in [4.69, 9.17) is 5.73 Å². The number of amides is 1. The van der Waals surface area contributed by atoms with Crippen LogP contribution in [0.4, 0.5) is 11.5 Å². The zero-order valence-corrected chi connectivity index (χ0v) is 16.6. The fourth-order valence-electron chi connectivity index (χ4n) is 2.95. The summed E-state index contributed by atoms with van der Waals surface area (Å²) in [7, 11) is 1.60. The molecule has 8 heteroatoms. The standard InChI is InChI=1S/C20H27N5O3/c1-5-24(11-14(2)3)16(26)13-23(4)17-18(21)25(20(28)22-19(17)27)12-15-9-7-6-8-10-15/h6-10H,2,5,11-13,21H2,1,3-4H3,(H,22,27,28). The van der Waals surface area contributed by atoms with Gasteiger partial charge in [0, 0.05) is 20.1 Å². The van der Waals surface area contributed by atoms with Crippen LogP contribution in [0.15, 0.2) is 52.1 Å². The third-order valence-corrected chi connectivity index (χ3v) is 4.35. The minimum Gasteiger partial charge on any atom is -0.383 e. The Hall–Kier alpha value is -3.29. The Bertz CT molecular complexity index is 962. The molecule has 1 amide bonds. The summed E-state index contributed by atoms with van der Waals surface area (Å²) in [5.41, 5.74) is 6.78. The third kappa shape index (κ3) is 4.91. The SMILES string of the molecule is C=C(C)CN(CC)C(=O)CN(C)c1c(N)n(Cc2ccccc2)c(=O)[nH]c1=O. The van der Waals surface area contributed by atoms with Gasteiger partial charge in [-0.2, -0.15) is 0 Å². The zero-order chi connectivity index (χ0) is 20.8. The van der Waals surface area contributed by atoms with Crippen molar-refractivity contribution in [2.75, 3.05) is 37.3 Å². The van der Waals surface area contributed by atoms with Crippen LogP contribution in [0, 0.1) is 0 Å². The lowest BCUT2D eigenvalue weighted by molar-refractivity contribution is -0.129. The van der Waals surface area contributed by atoms with Crippen molar-refractivity contribution in [1.29, 1.82) is 0 Å². The van der Waals surface area contributed by atoms with Gasteiger partial charge in [0.2, 0.25) is 5.91 Å². The average Bonchev–Trinajstić information content (AvgIpc) is 2.63. The molecule has 0 aliphatic carbocycles. The van der Waals surface area contributed by atoms with E-state index in [0.29, 0.717) is 13.1 Å². The molecule has 1 heterocycles. The van der Waals surface area contributed by atoms with Gasteiger partial charge in [-0.1, -0.05) is 42.5 Å². The number of carbonyl (C=O) groups is 1. The number of hydrogen-bond donors (Lipinski definition) is 2. The molecule has 0 saturated carbocycles. The van der Waals surface area contributed by atoms with Gasteiger partial charge in [-0.05, 0) is 19.4 Å². The first kappa shape index (κ1) is 21.0. The number of nitrogens with two attached hydrogens (primary N) is 1. The first-order valence-corrected chi connectivity index (χ1v) is 9.04. The number of benzene rings is 1. The number of nitrogens with one attached hydrogen (secondary N) is 1. The predicted molar refractivity (Wildman–Crippen MR) is 112 cm³/mol. The molecule has 28 heavy (non-hydrogen) atoms. The Morgan fingerprint density at radius 1 is 1.21 bits per heavy atom. The minimum atomic E-state index is -0.620. The smallest absolute Gasteiger partial charge is 0.330 e. The highest BCUT2D eigenvalue weighted by Gasteiger charge is 2.20. The normalized spacial score (nSPS) is 10.5. The lowest BCUT2D eigenvalue weighted by atomic mass is 10.2. The molecule has 0 fully saturated rings. The summed E-state index contributed by atoms with van der Waals surface area (Å²) >= 11 is 0. The lowest BCUT2D eigenvalue weighted by Gasteiger charge is -2.26. The van der Waals surface area contributed by atoms with Gasteiger partial charge in [-0.25, -0.2) is 4.79 Å². The summed E-state index contributed by atoms with van der Waals surface area (Å²) < 4.78 is 1.29. The zero-order valence-electron chi connectivity index (χ0n) is 16.6. The number of likely N-dealkylation sites (N-methyl/N-ethyl adjacent to an activating group) is 2. The van der Waals surface area contributed by atoms with E-state index in [-0.39, 0.29) is 30.5 Å². The van der Waals surface area contributed by atoms with Crippen LogP contribution in [0.3, 0.4) is 0 Å². The van der Waals surface area contributed by atoms with Crippen LogP contribution >= 0.6 is 0 Å². The van der Waals surface area contributed by atoms with Crippen molar-refractivity contribution < 1.29 is 4.79 Å². The quantitative estimate of drug-likeness (QED) is 0.661. The molecular formula is C20H27N5O3. The van der Waals surface area contributed by atoms with Crippen molar-refractivity contribution >= 4 is 17.4 Å². The number of H-pyrrole nitrogens is 1. The maximum absolute atomic E-state index is 12.6. The molecule has 8 nitrogen and oxygen atoms in total. The number of aromatic nitrogens is 2. The van der Waals surface area contributed by atoms with Crippen molar-refractivity contribution in [3.05, 3.63) is 68.9 Å². The third-order valence-electron chi connectivity index (χ3n) is 4.35. The summed E-state index contributed by atoms with van der Waals surface area (Å²) in [5.74, 6) is -0.136. The Kier molecular flexibility index (Phi) is 6.81. The van der Waals surface area contributed by atoms with Gasteiger partial charge in [-0.15, -0.1) is 0 Å². The number of aromatic amines is 1. The van der Waals surface area contributed by atoms with Crippen LogP contribution in [0.25, 0.3) is 0 Å². The summed E-state index contributed by atoms with van der Waals surface area (Å²) in [6.07, 6.45) is 0. The molecule has 0 saturated heterocycles. The highest BCUT2D eigenvalue weighted by atomic mass is 16.2. The van der Waals surface area contributed by atoms with Gasteiger partial charge >= 0.3 is 5.69 Å². The van der Waals surface area contributed by atoms with E-state index in [9.17, 15) is 14.4 Å². The maximum atomic E-state index is 12.6. The van der Waals surface area contributed by atoms with Crippen LogP contribution in [-0.4, -0.2) is 47.0 Å². The predicted octanol–water partition coefficient (Wildman–Crippen LogP) is 1.03. The van der Waals surface area contributed by atoms with E-state index in [0.717, 1.165) is 11.1 Å². The Labute approximate surface area is 163 Å². The minimum absolute atomic E-state index is 0.0239. The van der Waals surface area contributed by atoms with E-state index >= 15 is 0 Å². The molecule has 0 radical (unpaired) electrons. The first-order chi connectivity index (χ1) is 13.2. The number of anilines is 2. The molecule has 2 rings (SSSR count). The highest BCUT2D eigenvalue weighted by Crippen LogP contribution is 2.16. The molecule has 1 aromatic carbocycles. The fraction of sp³-hybridized carbons (Fsp3) is 0.350. The van der Waals surface area contributed by atoms with Gasteiger partial charge in [0.15, 0.2) is 0 Å². The average molecular weight is 385 g/mol. The van der Waals surface area contributed by atoms with Crippen molar-refractivity contribution in [2.45, 2.75) is 20.4 Å². The monoisotopic (exact) mass is 385 g/mol. The van der Waals surface area contributed by atoms with Gasteiger partial charge in [0.1, 0.15) is 11.5 Å². The molecule has 150 valence electrons. The Morgan fingerprint density at radius 3 is 2.43 bits per heavy atom. The second kappa shape index (κ2) is 9.07. The van der Waals surface area contributed by atoms with Gasteiger partial charge in [-0.3, -0.25) is 19.1 Å². The van der Waals surface area contributed by atoms with Gasteiger partial charge in [0.05, 0.1) is 13.1 Å². The number of nitrogens with zero attached hydrogens (tertiary/aromatic N) is 3. The summed E-state index contributed by atoms with van der Waals surface area (Å²) in [4.78, 5) is 42.6. The van der Waals surface area contributed by atoms with Crippen molar-refractivity contribution in [3.63, 3.8) is 0 Å². The summed E-state index contributed by atoms with van der Waals surface area (Å²) in [5, 5.41) is 0. The van der Waals surface area contributed by atoms with Crippen LogP contribution in [0.2, 0.25) is 0 Å². The van der Waals surface area contributed by atoms with Crippen LogP contribution in [-0.2, 0) is 11.3 Å². The molecule has 0 bridgehead atoms. The first-order valence-electron chi connectivity index (χ1n) is 9.04. The van der Waals surface area contributed by atoms with Gasteiger partial charge < -0.3 is 15.5 Å². The maximum Gasteiger partial charge on any atom is 0.330 e. The second-order valence-electron chi connectivity index (χ2n) is 6.79. The van der Waals surface area contributed by atoms with Gasteiger partial charge in [0.25, 0.3) is 5.56 Å². The Balaban J connectivity index is 2.33. The second-order valence-corrected chi connectivity index (χ2v) is 6.79. The van der Waals surface area contributed by atoms with E-state index in [1.165, 1.54) is 9.47 Å². The van der Waals surface area contributed by atoms with E-state index in [1.54, 1.807) is 11.9 Å². The molecule has 0 spiro atoms. The van der Waals surface area contributed by atoms with Crippen molar-refractivity contribution in [1.82, 2.24) is 14.5 Å². The fourth-order valence-corrected chi connectivity index (χ4v) is 2.95. The van der Waals surface area contributed by atoms with Crippen LogP contribution < -0.4 is 21.9 Å². The summed E-state index contributed by atoms with van der Waals surface area (Å²) in [6.45, 7) is 8.70. The van der Waals surface area contributed by atoms with Crippen LogP contribution in [0.5, 0.6) is 0 Å². The molecule has 0 unspecified atom stereocenters.